The molecule has 0 saturated heterocycles. The number of carbonyl (C=O) groups excluding carboxylic acids is 1. The molecule has 1 aromatic rings. The third kappa shape index (κ3) is 3.39. The van der Waals surface area contributed by atoms with E-state index in [0.29, 0.717) is 0 Å². The molecule has 1 aromatic carbocycles. The van der Waals surface area contributed by atoms with E-state index in [1.54, 1.807) is 0 Å². The second kappa shape index (κ2) is 5.54. The molecule has 2 nitrogen and oxygen atoms in total. The topological polar surface area (TPSA) is 26.3 Å². The highest BCUT2D eigenvalue weighted by Gasteiger charge is 2.19. The Labute approximate surface area is 91.3 Å². The van der Waals surface area contributed by atoms with Crippen LogP contribution in [0, 0.1) is 0 Å². The number of carbonyl (C=O) groups is 1. The van der Waals surface area contributed by atoms with Crippen LogP contribution < -0.4 is 0 Å². The highest BCUT2D eigenvalue weighted by Crippen LogP contribution is 2.24. The van der Waals surface area contributed by atoms with Crippen molar-refractivity contribution in [2.75, 3.05) is 0 Å². The van der Waals surface area contributed by atoms with Crippen molar-refractivity contribution in [1.29, 1.82) is 0 Å². The van der Waals surface area contributed by atoms with E-state index >= 15 is 0 Å². The average Bonchev–Trinajstić information content (AvgIpc) is 2.19. The third-order valence-electron chi connectivity index (χ3n) is 2.59. The zero-order valence-electron chi connectivity index (χ0n) is 9.57. The molecule has 0 bridgehead atoms. The van der Waals surface area contributed by atoms with Crippen LogP contribution in [0.1, 0.15) is 38.7 Å². The first-order valence-corrected chi connectivity index (χ1v) is 5.37. The van der Waals surface area contributed by atoms with Crippen LogP contribution in [0.25, 0.3) is 0 Å². The maximum absolute atomic E-state index is 10.9. The van der Waals surface area contributed by atoms with Crippen LogP contribution in [0.4, 0.5) is 0 Å². The molecule has 0 unspecified atom stereocenters. The molecule has 0 aliphatic rings. The zero-order valence-corrected chi connectivity index (χ0v) is 9.57. The molecule has 1 rings (SSSR count). The van der Waals surface area contributed by atoms with E-state index in [1.165, 1.54) is 12.5 Å². The minimum absolute atomic E-state index is 0.0603. The van der Waals surface area contributed by atoms with Crippen molar-refractivity contribution in [3.05, 3.63) is 35.9 Å². The summed E-state index contributed by atoms with van der Waals surface area (Å²) in [6, 6.07) is 10.2. The minimum atomic E-state index is -0.211. The van der Waals surface area contributed by atoms with Gasteiger partial charge in [0, 0.05) is 12.8 Å². The van der Waals surface area contributed by atoms with Crippen molar-refractivity contribution in [2.24, 2.45) is 0 Å². The zero-order chi connectivity index (χ0) is 11.3. The van der Waals surface area contributed by atoms with Crippen molar-refractivity contribution in [2.45, 2.75) is 39.2 Å². The lowest BCUT2D eigenvalue weighted by Gasteiger charge is -2.22. The first-order valence-electron chi connectivity index (χ1n) is 5.37. The van der Waals surface area contributed by atoms with Gasteiger partial charge in [0.05, 0.1) is 0 Å². The lowest BCUT2D eigenvalue weighted by Crippen LogP contribution is -2.20. The number of esters is 1. The lowest BCUT2D eigenvalue weighted by atomic mass is 9.92. The molecule has 0 saturated carbocycles. The van der Waals surface area contributed by atoms with Gasteiger partial charge in [0.25, 0.3) is 0 Å². The van der Waals surface area contributed by atoms with Crippen LogP contribution in [0.3, 0.4) is 0 Å². The molecular formula is C13H18O2. The maximum atomic E-state index is 10.9. The highest BCUT2D eigenvalue weighted by atomic mass is 16.5. The smallest absolute Gasteiger partial charge is 0.302 e. The Morgan fingerprint density at radius 3 is 2.40 bits per heavy atom. The fourth-order valence-electron chi connectivity index (χ4n) is 1.88. The molecular weight excluding hydrogens is 188 g/mol. The first-order chi connectivity index (χ1) is 7.15. The molecule has 0 amide bonds. The standard InChI is InChI=1S/C13H18O2/c1-4-13(10(2)15-11(3)14)12-8-6-5-7-9-12/h5-10,13H,4H2,1-3H3/t10-,13-/m1/s1. The molecule has 0 heterocycles. The van der Waals surface area contributed by atoms with Gasteiger partial charge in [-0.2, -0.15) is 0 Å². The predicted molar refractivity (Wildman–Crippen MR) is 60.7 cm³/mol. The molecule has 0 aliphatic heterocycles. The van der Waals surface area contributed by atoms with Crippen LogP contribution in [-0.2, 0) is 9.53 Å². The number of hydrogen-bond donors (Lipinski definition) is 0. The summed E-state index contributed by atoms with van der Waals surface area (Å²) in [6.07, 6.45) is 0.910. The number of benzene rings is 1. The van der Waals surface area contributed by atoms with E-state index in [9.17, 15) is 4.79 Å². The Kier molecular flexibility index (Phi) is 4.35. The predicted octanol–water partition coefficient (Wildman–Crippen LogP) is 3.13. The number of rotatable bonds is 4. The van der Waals surface area contributed by atoms with E-state index in [1.807, 2.05) is 25.1 Å². The summed E-state index contributed by atoms with van der Waals surface area (Å²) in [5, 5.41) is 0. The van der Waals surface area contributed by atoms with E-state index in [0.717, 1.165) is 6.42 Å². The molecule has 0 N–H and O–H groups in total. The van der Waals surface area contributed by atoms with Crippen LogP contribution >= 0.6 is 0 Å². The van der Waals surface area contributed by atoms with Gasteiger partial charge in [0.1, 0.15) is 6.10 Å². The molecule has 82 valence electrons. The second-order valence-electron chi connectivity index (χ2n) is 3.74. The third-order valence-corrected chi connectivity index (χ3v) is 2.59. The van der Waals surface area contributed by atoms with Crippen molar-refractivity contribution in [3.63, 3.8) is 0 Å². The summed E-state index contributed by atoms with van der Waals surface area (Å²) in [4.78, 5) is 10.9. The van der Waals surface area contributed by atoms with Gasteiger partial charge >= 0.3 is 5.97 Å². The minimum Gasteiger partial charge on any atom is -0.462 e. The Balaban J connectivity index is 2.75. The summed E-state index contributed by atoms with van der Waals surface area (Å²) in [6.45, 7) is 5.51. The van der Waals surface area contributed by atoms with E-state index in [2.05, 4.69) is 19.1 Å². The summed E-state index contributed by atoms with van der Waals surface area (Å²) >= 11 is 0. The monoisotopic (exact) mass is 206 g/mol. The van der Waals surface area contributed by atoms with Crippen LogP contribution in [0.2, 0.25) is 0 Å². The number of ether oxygens (including phenoxy) is 1. The maximum Gasteiger partial charge on any atom is 0.302 e. The Hall–Kier alpha value is -1.31. The van der Waals surface area contributed by atoms with Gasteiger partial charge in [-0.3, -0.25) is 4.79 Å². The van der Waals surface area contributed by atoms with Crippen molar-refractivity contribution in [3.8, 4) is 0 Å². The molecule has 15 heavy (non-hydrogen) atoms. The Morgan fingerprint density at radius 2 is 1.93 bits per heavy atom. The van der Waals surface area contributed by atoms with E-state index < -0.39 is 0 Å². The van der Waals surface area contributed by atoms with Gasteiger partial charge in [0.2, 0.25) is 0 Å². The van der Waals surface area contributed by atoms with Crippen LogP contribution in [-0.4, -0.2) is 12.1 Å². The van der Waals surface area contributed by atoms with Gasteiger partial charge in [-0.1, -0.05) is 37.3 Å². The van der Waals surface area contributed by atoms with Gasteiger partial charge in [0.15, 0.2) is 0 Å². The highest BCUT2D eigenvalue weighted by molar-refractivity contribution is 5.66. The summed E-state index contributed by atoms with van der Waals surface area (Å²) in [5.74, 6) is 0.0759. The Bertz CT molecular complexity index is 306. The van der Waals surface area contributed by atoms with Crippen molar-refractivity contribution in [1.82, 2.24) is 0 Å². The molecule has 2 atom stereocenters. The lowest BCUT2D eigenvalue weighted by molar-refractivity contribution is -0.146. The fraction of sp³-hybridized carbons (Fsp3) is 0.462. The molecule has 0 aromatic heterocycles. The molecule has 2 heteroatoms. The average molecular weight is 206 g/mol. The molecule has 0 radical (unpaired) electrons. The van der Waals surface area contributed by atoms with Gasteiger partial charge < -0.3 is 4.74 Å². The van der Waals surface area contributed by atoms with Crippen molar-refractivity contribution >= 4 is 5.97 Å². The molecule has 0 aliphatic carbocycles. The normalized spacial score (nSPS) is 14.3. The first kappa shape index (κ1) is 11.8. The molecule has 0 fully saturated rings. The summed E-state index contributed by atoms with van der Waals surface area (Å²) < 4.78 is 5.22. The van der Waals surface area contributed by atoms with E-state index in [-0.39, 0.29) is 18.0 Å². The Morgan fingerprint density at radius 1 is 1.33 bits per heavy atom. The van der Waals surface area contributed by atoms with Crippen LogP contribution in [0.15, 0.2) is 30.3 Å². The second-order valence-corrected chi connectivity index (χ2v) is 3.74. The quantitative estimate of drug-likeness (QED) is 0.707. The van der Waals surface area contributed by atoms with Gasteiger partial charge in [-0.05, 0) is 18.9 Å². The SMILES string of the molecule is CC[C@@H](c1ccccc1)[C@@H](C)OC(C)=O. The van der Waals surface area contributed by atoms with Crippen LogP contribution in [0.5, 0.6) is 0 Å². The van der Waals surface area contributed by atoms with Gasteiger partial charge in [-0.15, -0.1) is 0 Å². The molecule has 0 spiro atoms. The fourth-order valence-corrected chi connectivity index (χ4v) is 1.88. The number of hydrogen-bond acceptors (Lipinski definition) is 2. The van der Waals surface area contributed by atoms with E-state index in [4.69, 9.17) is 4.74 Å². The summed E-state index contributed by atoms with van der Waals surface area (Å²) in [7, 11) is 0. The largest absolute Gasteiger partial charge is 0.462 e. The van der Waals surface area contributed by atoms with Gasteiger partial charge in [-0.25, -0.2) is 0 Å². The van der Waals surface area contributed by atoms with Crippen molar-refractivity contribution < 1.29 is 9.53 Å². The summed E-state index contributed by atoms with van der Waals surface area (Å²) in [5.41, 5.74) is 1.23.